The molecule has 0 radical (unpaired) electrons. The molecule has 0 amide bonds. The monoisotopic (exact) mass is 173 g/mol. The first-order valence-electron chi connectivity index (χ1n) is 3.35. The van der Waals surface area contributed by atoms with E-state index in [9.17, 15) is 0 Å². The molecule has 0 bridgehead atoms. The molecule has 11 heavy (non-hydrogen) atoms. The highest BCUT2D eigenvalue weighted by Crippen LogP contribution is 2.09. The Kier molecular flexibility index (Phi) is 3.18. The zero-order chi connectivity index (χ0) is 8.10. The normalized spacial score (nSPS) is 10.0. The summed E-state index contributed by atoms with van der Waals surface area (Å²) < 4.78 is 3.67. The molecular weight excluding hydrogens is 162 g/mol. The molecule has 0 atom stereocenters. The highest BCUT2D eigenvalue weighted by Gasteiger charge is 2.02. The second kappa shape index (κ2) is 4.20. The first kappa shape index (κ1) is 8.35. The standard InChI is InChI=1S/C5H11N5S/c1-6-3-4-10(2)5-7-8-9-11-5/h6H,3-4H2,1-2H3. The van der Waals surface area contributed by atoms with Crippen LogP contribution in [-0.2, 0) is 0 Å². The Balaban J connectivity index is 2.36. The Labute approximate surface area is 69.6 Å². The molecule has 0 saturated carbocycles. The topological polar surface area (TPSA) is 53.9 Å². The molecule has 0 unspecified atom stereocenters. The fourth-order valence-corrected chi connectivity index (χ4v) is 1.10. The van der Waals surface area contributed by atoms with Crippen molar-refractivity contribution in [2.24, 2.45) is 0 Å². The van der Waals surface area contributed by atoms with E-state index in [2.05, 4.69) is 20.1 Å². The zero-order valence-corrected chi connectivity index (χ0v) is 7.43. The molecule has 0 fully saturated rings. The second-order valence-electron chi connectivity index (χ2n) is 2.17. The molecule has 1 rings (SSSR count). The molecule has 1 heterocycles. The summed E-state index contributed by atoms with van der Waals surface area (Å²) in [6.07, 6.45) is 0. The molecule has 62 valence electrons. The maximum absolute atomic E-state index is 3.82. The predicted octanol–water partition coefficient (Wildman–Crippen LogP) is -0.411. The van der Waals surface area contributed by atoms with E-state index in [1.807, 2.05) is 19.0 Å². The van der Waals surface area contributed by atoms with E-state index in [1.54, 1.807) is 0 Å². The molecule has 0 saturated heterocycles. The zero-order valence-electron chi connectivity index (χ0n) is 6.61. The van der Waals surface area contributed by atoms with Crippen molar-refractivity contribution in [3.8, 4) is 0 Å². The lowest BCUT2D eigenvalue weighted by atomic mass is 10.6. The van der Waals surface area contributed by atoms with Gasteiger partial charge in [0, 0.05) is 31.7 Å². The largest absolute Gasteiger partial charge is 0.347 e. The number of rotatable bonds is 4. The van der Waals surface area contributed by atoms with Gasteiger partial charge in [0.1, 0.15) is 0 Å². The first-order chi connectivity index (χ1) is 5.34. The summed E-state index contributed by atoms with van der Waals surface area (Å²) in [7, 11) is 3.89. The molecule has 1 aromatic heterocycles. The van der Waals surface area contributed by atoms with E-state index >= 15 is 0 Å². The molecule has 1 N–H and O–H groups in total. The lowest BCUT2D eigenvalue weighted by molar-refractivity contribution is 0.761. The van der Waals surface area contributed by atoms with E-state index in [4.69, 9.17) is 0 Å². The van der Waals surface area contributed by atoms with Crippen molar-refractivity contribution < 1.29 is 0 Å². The van der Waals surface area contributed by atoms with Crippen LogP contribution in [0.25, 0.3) is 0 Å². The van der Waals surface area contributed by atoms with Gasteiger partial charge in [-0.05, 0) is 12.3 Å². The lowest BCUT2D eigenvalue weighted by Crippen LogP contribution is -2.26. The summed E-state index contributed by atoms with van der Waals surface area (Å²) in [6, 6.07) is 0. The van der Waals surface area contributed by atoms with Gasteiger partial charge in [0.15, 0.2) is 0 Å². The number of likely N-dealkylation sites (N-methyl/N-ethyl adjacent to an activating group) is 2. The Hall–Kier alpha value is -0.750. The van der Waals surface area contributed by atoms with Gasteiger partial charge < -0.3 is 10.2 Å². The smallest absolute Gasteiger partial charge is 0.227 e. The van der Waals surface area contributed by atoms with Crippen LogP contribution in [0.3, 0.4) is 0 Å². The van der Waals surface area contributed by atoms with Crippen molar-refractivity contribution in [3.05, 3.63) is 0 Å². The van der Waals surface area contributed by atoms with Gasteiger partial charge in [0.2, 0.25) is 5.13 Å². The third-order valence-electron chi connectivity index (χ3n) is 1.31. The average Bonchev–Trinajstić information content (AvgIpc) is 2.52. The SMILES string of the molecule is CNCCN(C)c1nnns1. The molecule has 0 aliphatic carbocycles. The average molecular weight is 173 g/mol. The number of nitrogens with one attached hydrogen (secondary N) is 1. The minimum absolute atomic E-state index is 0.861. The van der Waals surface area contributed by atoms with E-state index in [0.717, 1.165) is 18.2 Å². The van der Waals surface area contributed by atoms with Crippen molar-refractivity contribution in [1.29, 1.82) is 0 Å². The number of hydrogen-bond donors (Lipinski definition) is 1. The van der Waals surface area contributed by atoms with Crippen LogP contribution >= 0.6 is 11.5 Å². The minimum atomic E-state index is 0.861. The van der Waals surface area contributed by atoms with Gasteiger partial charge in [-0.2, -0.15) is 0 Å². The number of anilines is 1. The quantitative estimate of drug-likeness (QED) is 0.670. The molecule has 0 aliphatic heterocycles. The lowest BCUT2D eigenvalue weighted by Gasteiger charge is -2.12. The third-order valence-corrected chi connectivity index (χ3v) is 2.02. The highest BCUT2D eigenvalue weighted by molar-refractivity contribution is 7.09. The molecule has 0 aliphatic rings. The van der Waals surface area contributed by atoms with Crippen LogP contribution in [0.1, 0.15) is 0 Å². The van der Waals surface area contributed by atoms with Crippen LogP contribution in [0, 0.1) is 0 Å². The van der Waals surface area contributed by atoms with Crippen LogP contribution in [0.5, 0.6) is 0 Å². The Morgan fingerprint density at radius 2 is 2.45 bits per heavy atom. The molecule has 0 spiro atoms. The van der Waals surface area contributed by atoms with Crippen LogP contribution in [0.15, 0.2) is 0 Å². The Bertz CT molecular complexity index is 187. The molecule has 6 heteroatoms. The summed E-state index contributed by atoms with van der Waals surface area (Å²) in [5.74, 6) is 0. The van der Waals surface area contributed by atoms with Crippen molar-refractivity contribution in [2.75, 3.05) is 32.1 Å². The fourth-order valence-electron chi connectivity index (χ4n) is 0.651. The first-order valence-corrected chi connectivity index (χ1v) is 4.12. The molecule has 1 aromatic rings. The van der Waals surface area contributed by atoms with Gasteiger partial charge in [-0.25, -0.2) is 0 Å². The van der Waals surface area contributed by atoms with Crippen molar-refractivity contribution in [1.82, 2.24) is 20.1 Å². The van der Waals surface area contributed by atoms with E-state index in [1.165, 1.54) is 11.5 Å². The van der Waals surface area contributed by atoms with Crippen LogP contribution in [0.4, 0.5) is 5.13 Å². The number of hydrogen-bond acceptors (Lipinski definition) is 6. The molecular formula is C5H11N5S. The highest BCUT2D eigenvalue weighted by atomic mass is 32.1. The van der Waals surface area contributed by atoms with Gasteiger partial charge in [-0.15, -0.1) is 0 Å². The van der Waals surface area contributed by atoms with Crippen LogP contribution in [0.2, 0.25) is 0 Å². The molecule has 0 aromatic carbocycles. The minimum Gasteiger partial charge on any atom is -0.347 e. The van der Waals surface area contributed by atoms with Gasteiger partial charge in [-0.1, -0.05) is 9.59 Å². The predicted molar refractivity (Wildman–Crippen MR) is 44.9 cm³/mol. The maximum Gasteiger partial charge on any atom is 0.227 e. The van der Waals surface area contributed by atoms with E-state index in [-0.39, 0.29) is 0 Å². The molecule has 5 nitrogen and oxygen atoms in total. The summed E-state index contributed by atoms with van der Waals surface area (Å²) >= 11 is 1.31. The fraction of sp³-hybridized carbons (Fsp3) is 0.800. The van der Waals surface area contributed by atoms with Crippen molar-refractivity contribution in [2.45, 2.75) is 0 Å². The maximum atomic E-state index is 3.82. The van der Waals surface area contributed by atoms with Crippen LogP contribution in [-0.4, -0.2) is 42.0 Å². The van der Waals surface area contributed by atoms with E-state index < -0.39 is 0 Å². The Morgan fingerprint density at radius 3 is 3.00 bits per heavy atom. The van der Waals surface area contributed by atoms with Crippen LogP contribution < -0.4 is 10.2 Å². The summed E-state index contributed by atoms with van der Waals surface area (Å²) in [4.78, 5) is 2.02. The Morgan fingerprint density at radius 1 is 1.64 bits per heavy atom. The van der Waals surface area contributed by atoms with Crippen molar-refractivity contribution in [3.63, 3.8) is 0 Å². The van der Waals surface area contributed by atoms with Crippen molar-refractivity contribution >= 4 is 16.7 Å². The third kappa shape index (κ3) is 2.39. The number of aromatic nitrogens is 3. The van der Waals surface area contributed by atoms with Gasteiger partial charge >= 0.3 is 0 Å². The van der Waals surface area contributed by atoms with Gasteiger partial charge in [0.25, 0.3) is 0 Å². The number of nitrogens with zero attached hydrogens (tertiary/aromatic N) is 4. The van der Waals surface area contributed by atoms with Gasteiger partial charge in [0.05, 0.1) is 0 Å². The summed E-state index contributed by atoms with van der Waals surface area (Å²) in [5.41, 5.74) is 0. The summed E-state index contributed by atoms with van der Waals surface area (Å²) in [6.45, 7) is 1.86. The second-order valence-corrected chi connectivity index (χ2v) is 2.88. The van der Waals surface area contributed by atoms with E-state index in [0.29, 0.717) is 0 Å². The summed E-state index contributed by atoms with van der Waals surface area (Å²) in [5, 5.41) is 11.2. The van der Waals surface area contributed by atoms with Gasteiger partial charge in [-0.3, -0.25) is 0 Å².